The summed E-state index contributed by atoms with van der Waals surface area (Å²) in [7, 11) is 0. The third kappa shape index (κ3) is 2.93. The number of thiophene rings is 1. The predicted molar refractivity (Wildman–Crippen MR) is 146 cm³/mol. The van der Waals surface area contributed by atoms with Gasteiger partial charge in [-0.3, -0.25) is 14.4 Å². The first-order valence-electron chi connectivity index (χ1n) is 12.1. The van der Waals surface area contributed by atoms with E-state index < -0.39 is 23.4 Å². The van der Waals surface area contributed by atoms with Gasteiger partial charge in [-0.2, -0.15) is 0 Å². The molecule has 3 aromatic carbocycles. The molecule has 180 valence electrons. The van der Waals surface area contributed by atoms with Gasteiger partial charge in [0.15, 0.2) is 17.3 Å². The average molecular weight is 522 g/mol. The van der Waals surface area contributed by atoms with Gasteiger partial charge < -0.3 is 4.90 Å². The van der Waals surface area contributed by atoms with Gasteiger partial charge in [0, 0.05) is 27.8 Å². The highest BCUT2D eigenvalue weighted by atomic mass is 35.5. The smallest absolute Gasteiger partial charge is 0.195 e. The quantitative estimate of drug-likeness (QED) is 0.222. The lowest BCUT2D eigenvalue weighted by Crippen LogP contribution is -2.48. The highest BCUT2D eigenvalue weighted by Crippen LogP contribution is 2.61. The van der Waals surface area contributed by atoms with Crippen molar-refractivity contribution in [1.29, 1.82) is 0 Å². The molecule has 1 aliphatic carbocycles. The number of rotatable bonds is 3. The van der Waals surface area contributed by atoms with E-state index in [1.165, 1.54) is 11.3 Å². The Hall–Kier alpha value is -3.80. The maximum atomic E-state index is 14.5. The van der Waals surface area contributed by atoms with Crippen LogP contribution in [0.5, 0.6) is 0 Å². The summed E-state index contributed by atoms with van der Waals surface area (Å²) in [6, 6.07) is 24.4. The Morgan fingerprint density at radius 3 is 2.24 bits per heavy atom. The lowest BCUT2D eigenvalue weighted by molar-refractivity contribution is 0.0666. The molecule has 0 saturated carbocycles. The van der Waals surface area contributed by atoms with E-state index >= 15 is 0 Å². The zero-order chi connectivity index (χ0) is 25.3. The number of carbonyl (C=O) groups excluding carboxylic acids is 3. The second kappa shape index (κ2) is 8.10. The predicted octanol–water partition coefficient (Wildman–Crippen LogP) is 6.72. The molecule has 6 heteroatoms. The molecule has 37 heavy (non-hydrogen) atoms. The third-order valence-electron chi connectivity index (χ3n) is 7.96. The molecule has 3 heterocycles. The monoisotopic (exact) mass is 521 g/mol. The normalized spacial score (nSPS) is 22.7. The molecule has 0 amide bonds. The number of ketones is 3. The lowest BCUT2D eigenvalue weighted by Gasteiger charge is -2.37. The molecule has 1 spiro atoms. The van der Waals surface area contributed by atoms with Crippen LogP contribution in [0, 0.1) is 5.41 Å². The summed E-state index contributed by atoms with van der Waals surface area (Å²) in [5.41, 5.74) is 1.82. The number of Topliss-reactive ketones (excluding diaryl/α,β-unsaturated/α-hetero) is 3. The van der Waals surface area contributed by atoms with Crippen LogP contribution in [-0.4, -0.2) is 29.4 Å². The van der Waals surface area contributed by atoms with Crippen LogP contribution in [0.3, 0.4) is 0 Å². The zero-order valence-corrected chi connectivity index (χ0v) is 21.1. The fourth-order valence-corrected chi connectivity index (χ4v) is 7.42. The fraction of sp³-hybridized carbons (Fsp3) is 0.129. The molecule has 0 N–H and O–H groups in total. The van der Waals surface area contributed by atoms with Gasteiger partial charge in [0.25, 0.3) is 0 Å². The molecular formula is C31H20ClNO3S. The van der Waals surface area contributed by atoms with Gasteiger partial charge in [-0.05, 0) is 40.8 Å². The second-order valence-electron chi connectivity index (χ2n) is 9.66. The van der Waals surface area contributed by atoms with E-state index in [0.717, 1.165) is 16.8 Å². The van der Waals surface area contributed by atoms with Crippen LogP contribution in [0.15, 0.2) is 96.4 Å². The van der Waals surface area contributed by atoms with Crippen molar-refractivity contribution in [2.45, 2.75) is 18.0 Å². The van der Waals surface area contributed by atoms with E-state index in [9.17, 15) is 14.4 Å². The van der Waals surface area contributed by atoms with Gasteiger partial charge in [-0.25, -0.2) is 0 Å². The van der Waals surface area contributed by atoms with Crippen molar-refractivity contribution < 1.29 is 14.4 Å². The molecule has 0 bridgehead atoms. The summed E-state index contributed by atoms with van der Waals surface area (Å²) in [6.07, 6.45) is 3.84. The largest absolute Gasteiger partial charge is 0.352 e. The lowest BCUT2D eigenvalue weighted by atomic mass is 9.64. The van der Waals surface area contributed by atoms with E-state index in [0.29, 0.717) is 21.0 Å². The first-order chi connectivity index (χ1) is 18.0. The topological polar surface area (TPSA) is 54.5 Å². The van der Waals surface area contributed by atoms with Gasteiger partial charge in [0.1, 0.15) is 11.5 Å². The van der Waals surface area contributed by atoms with E-state index in [1.54, 1.807) is 30.3 Å². The van der Waals surface area contributed by atoms with Crippen LogP contribution in [0.4, 0.5) is 5.69 Å². The minimum atomic E-state index is -1.48. The van der Waals surface area contributed by atoms with Gasteiger partial charge in [-0.15, -0.1) is 11.3 Å². The Kier molecular flexibility index (Phi) is 4.91. The molecular weight excluding hydrogens is 502 g/mol. The first-order valence-corrected chi connectivity index (χ1v) is 13.4. The van der Waals surface area contributed by atoms with Crippen molar-refractivity contribution in [1.82, 2.24) is 0 Å². The first kappa shape index (κ1) is 22.4. The van der Waals surface area contributed by atoms with Crippen molar-refractivity contribution in [3.63, 3.8) is 0 Å². The number of fused-ring (bicyclic) bond motifs is 5. The van der Waals surface area contributed by atoms with E-state index in [1.807, 2.05) is 77.0 Å². The van der Waals surface area contributed by atoms with Crippen LogP contribution >= 0.6 is 22.9 Å². The number of benzene rings is 3. The Bertz CT molecular complexity index is 1590. The number of carbonyl (C=O) groups is 3. The van der Waals surface area contributed by atoms with E-state index in [-0.39, 0.29) is 17.3 Å². The van der Waals surface area contributed by atoms with E-state index in [4.69, 9.17) is 11.6 Å². The highest BCUT2D eigenvalue weighted by Gasteiger charge is 2.71. The Morgan fingerprint density at radius 2 is 1.57 bits per heavy atom. The summed E-state index contributed by atoms with van der Waals surface area (Å²) in [5, 5.41) is 2.45. The van der Waals surface area contributed by atoms with Crippen molar-refractivity contribution in [2.24, 2.45) is 5.41 Å². The van der Waals surface area contributed by atoms with Crippen molar-refractivity contribution >= 4 is 52.1 Å². The van der Waals surface area contributed by atoms with E-state index in [2.05, 4.69) is 0 Å². The summed E-state index contributed by atoms with van der Waals surface area (Å²) < 4.78 is 0. The molecule has 7 rings (SSSR count). The number of halogens is 1. The van der Waals surface area contributed by atoms with Crippen LogP contribution < -0.4 is 4.90 Å². The number of nitrogens with zero attached hydrogens (tertiary/aromatic N) is 1. The molecule has 0 radical (unpaired) electrons. The molecule has 1 unspecified atom stereocenters. The minimum Gasteiger partial charge on any atom is -0.352 e. The third-order valence-corrected chi connectivity index (χ3v) is 9.08. The van der Waals surface area contributed by atoms with Crippen molar-refractivity contribution in [3.8, 4) is 0 Å². The standard InChI is InChI=1S/C31H20ClNO3S/c32-20-13-14-23-19(17-20)12-15-25-31(29(35)21-9-4-5-10-22(21)30(31)36)26(18-7-2-1-3-8-18)27(33(23)25)28(34)24-11-6-16-37-24/h1-17,25-27H/t25?,26-,27+/m0/s1. The summed E-state index contributed by atoms with van der Waals surface area (Å²) >= 11 is 7.70. The molecule has 1 aromatic heterocycles. The summed E-state index contributed by atoms with van der Waals surface area (Å²) in [5.74, 6) is -1.23. The summed E-state index contributed by atoms with van der Waals surface area (Å²) in [6.45, 7) is 0. The summed E-state index contributed by atoms with van der Waals surface area (Å²) in [4.78, 5) is 45.9. The van der Waals surface area contributed by atoms with Crippen LogP contribution in [0.25, 0.3) is 6.08 Å². The van der Waals surface area contributed by atoms with Crippen LogP contribution in [0.2, 0.25) is 5.02 Å². The Morgan fingerprint density at radius 1 is 0.865 bits per heavy atom. The average Bonchev–Trinajstić information content (AvgIpc) is 3.62. The van der Waals surface area contributed by atoms with Gasteiger partial charge in [0.05, 0.1) is 10.9 Å². The van der Waals surface area contributed by atoms with Crippen molar-refractivity contribution in [3.05, 3.63) is 129 Å². The second-order valence-corrected chi connectivity index (χ2v) is 11.0. The number of hydrogen-bond donors (Lipinski definition) is 0. The van der Waals surface area contributed by atoms with Gasteiger partial charge in [0.2, 0.25) is 0 Å². The maximum absolute atomic E-state index is 14.5. The van der Waals surface area contributed by atoms with Crippen LogP contribution in [0.1, 0.15) is 47.4 Å². The maximum Gasteiger partial charge on any atom is 0.195 e. The Labute approximate surface area is 222 Å². The molecule has 3 aliphatic rings. The molecule has 3 atom stereocenters. The number of anilines is 1. The molecule has 4 aromatic rings. The van der Waals surface area contributed by atoms with Gasteiger partial charge >= 0.3 is 0 Å². The molecule has 1 fully saturated rings. The highest BCUT2D eigenvalue weighted by molar-refractivity contribution is 7.12. The van der Waals surface area contributed by atoms with Gasteiger partial charge in [-0.1, -0.05) is 84.4 Å². The minimum absolute atomic E-state index is 0.0986. The molecule has 4 nitrogen and oxygen atoms in total. The Balaban J connectivity index is 1.56. The zero-order valence-electron chi connectivity index (χ0n) is 19.5. The molecule has 1 saturated heterocycles. The number of hydrogen-bond acceptors (Lipinski definition) is 5. The van der Waals surface area contributed by atoms with Crippen LogP contribution in [-0.2, 0) is 0 Å². The fourth-order valence-electron chi connectivity index (χ4n) is 6.55. The molecule has 2 aliphatic heterocycles. The van der Waals surface area contributed by atoms with Crippen molar-refractivity contribution in [2.75, 3.05) is 4.90 Å². The SMILES string of the molecule is O=C(c1cccs1)[C@H]1[C@H](c2ccccc2)C2(C(=O)c3ccccc3C2=O)C2C=Cc3cc(Cl)ccc3N21.